The van der Waals surface area contributed by atoms with Gasteiger partial charge in [-0.15, -0.1) is 0 Å². The number of oxime groups is 1. The van der Waals surface area contributed by atoms with Crippen molar-refractivity contribution in [2.24, 2.45) is 11.1 Å². The fourth-order valence-corrected chi connectivity index (χ4v) is 8.50. The molecule has 5 aromatic rings. The number of imidazole rings is 1. The van der Waals surface area contributed by atoms with Gasteiger partial charge in [-0.25, -0.2) is 13.9 Å². The standard InChI is InChI=1S/C38H42FN9O4/c1-22-14-27(15-23(2)32(22)39)48-33(46-11-9-40-36(46)50)28-19-44(10-8-29(28)42-48)34(49)31-17-25-16-26(45-12-13-51-37(4,5)20-45)6-7-30(25)47(31)38(18-24(38)3)35-41-21-52-43-35/h6-7,9,11,14-17,24H,8,10,12-13,18-21H2,1-5H3,(H,40,50)(H,41,43)/t24-,38-/m0/s1. The highest BCUT2D eigenvalue weighted by atomic mass is 19.1. The van der Waals surface area contributed by atoms with Crippen LogP contribution in [-0.2, 0) is 28.1 Å². The first kappa shape index (κ1) is 32.5. The molecule has 270 valence electrons. The van der Waals surface area contributed by atoms with E-state index in [-0.39, 0.29) is 42.2 Å². The molecule has 13 nitrogen and oxygen atoms in total. The summed E-state index contributed by atoms with van der Waals surface area (Å²) in [5, 5.41) is 13.6. The Morgan fingerprint density at radius 2 is 1.87 bits per heavy atom. The minimum absolute atomic E-state index is 0.123. The molecule has 3 aromatic heterocycles. The van der Waals surface area contributed by atoms with Crippen molar-refractivity contribution in [2.75, 3.05) is 37.9 Å². The maximum Gasteiger partial charge on any atom is 0.331 e. The summed E-state index contributed by atoms with van der Waals surface area (Å²) in [7, 11) is 0. The first-order valence-electron chi connectivity index (χ1n) is 17.9. The zero-order chi connectivity index (χ0) is 36.1. The molecule has 1 saturated heterocycles. The minimum atomic E-state index is -0.556. The number of amidine groups is 1. The third-order valence-electron chi connectivity index (χ3n) is 11.2. The molecule has 14 heteroatoms. The van der Waals surface area contributed by atoms with Crippen LogP contribution in [0.5, 0.6) is 0 Å². The van der Waals surface area contributed by atoms with E-state index in [0.717, 1.165) is 53.2 Å². The van der Waals surface area contributed by atoms with Crippen molar-refractivity contribution >= 4 is 28.3 Å². The van der Waals surface area contributed by atoms with E-state index >= 15 is 0 Å². The zero-order valence-electron chi connectivity index (χ0n) is 30.0. The smallest absolute Gasteiger partial charge is 0.331 e. The van der Waals surface area contributed by atoms with Crippen molar-refractivity contribution in [3.05, 3.63) is 93.2 Å². The third-order valence-corrected chi connectivity index (χ3v) is 11.2. The van der Waals surface area contributed by atoms with Gasteiger partial charge in [0.15, 0.2) is 12.6 Å². The predicted molar refractivity (Wildman–Crippen MR) is 194 cm³/mol. The molecule has 52 heavy (non-hydrogen) atoms. The second-order valence-electron chi connectivity index (χ2n) is 15.2. The molecular weight excluding hydrogens is 665 g/mol. The molecule has 0 unspecified atom stereocenters. The van der Waals surface area contributed by atoms with E-state index in [1.54, 1.807) is 43.1 Å². The highest BCUT2D eigenvalue weighted by Crippen LogP contribution is 2.54. The largest absolute Gasteiger partial charge is 0.372 e. The molecule has 0 bridgehead atoms. The zero-order valence-corrected chi connectivity index (χ0v) is 30.0. The number of carbonyl (C=O) groups excluding carboxylic acids is 1. The number of hydrogen-bond donors (Lipinski definition) is 2. The van der Waals surface area contributed by atoms with E-state index in [9.17, 15) is 14.0 Å². The molecule has 4 aliphatic rings. The molecule has 6 heterocycles. The van der Waals surface area contributed by atoms with Crippen molar-refractivity contribution in [1.82, 2.24) is 34.1 Å². The van der Waals surface area contributed by atoms with Crippen LogP contribution in [0.15, 0.2) is 58.7 Å². The Hall–Kier alpha value is -5.37. The summed E-state index contributed by atoms with van der Waals surface area (Å²) in [6.07, 6.45) is 4.52. The number of aromatic nitrogens is 5. The third kappa shape index (κ3) is 4.98. The number of morpholine rings is 1. The lowest BCUT2D eigenvalue weighted by Gasteiger charge is -2.39. The molecule has 2 aromatic carbocycles. The number of hydrogen-bond acceptors (Lipinski definition) is 8. The van der Waals surface area contributed by atoms with Gasteiger partial charge in [-0.1, -0.05) is 12.1 Å². The summed E-state index contributed by atoms with van der Waals surface area (Å²) in [6, 6.07) is 11.9. The van der Waals surface area contributed by atoms with Crippen LogP contribution < -0.4 is 15.9 Å². The van der Waals surface area contributed by atoms with Crippen molar-refractivity contribution in [3.63, 3.8) is 0 Å². The molecule has 2 atom stereocenters. The maximum absolute atomic E-state index is 15.0. The summed E-state index contributed by atoms with van der Waals surface area (Å²) in [6.45, 7) is 13.0. The van der Waals surface area contributed by atoms with Crippen LogP contribution in [0.2, 0.25) is 0 Å². The van der Waals surface area contributed by atoms with Crippen LogP contribution in [0, 0.1) is 25.6 Å². The highest BCUT2D eigenvalue weighted by Gasteiger charge is 2.60. The van der Waals surface area contributed by atoms with Crippen molar-refractivity contribution < 1.29 is 18.8 Å². The average Bonchev–Trinajstić information content (AvgIpc) is 3.70. The van der Waals surface area contributed by atoms with E-state index in [1.807, 2.05) is 11.0 Å². The molecular formula is C38H42FN9O4. The summed E-state index contributed by atoms with van der Waals surface area (Å²) in [5.74, 6) is 1.07. The number of nitrogens with zero attached hydrogens (tertiary/aromatic N) is 7. The second kappa shape index (κ2) is 11.6. The summed E-state index contributed by atoms with van der Waals surface area (Å²) in [4.78, 5) is 40.4. The number of carbonyl (C=O) groups is 1. The predicted octanol–water partition coefficient (Wildman–Crippen LogP) is 4.50. The Bertz CT molecular complexity index is 2340. The number of anilines is 1. The number of amides is 1. The van der Waals surface area contributed by atoms with Crippen LogP contribution in [0.4, 0.5) is 10.1 Å². The topological polar surface area (TPSA) is 127 Å². The molecule has 9 rings (SSSR count). The van der Waals surface area contributed by atoms with Gasteiger partial charge in [0.1, 0.15) is 22.9 Å². The van der Waals surface area contributed by atoms with Gasteiger partial charge < -0.3 is 34.2 Å². The lowest BCUT2D eigenvalue weighted by Crippen LogP contribution is -2.48. The maximum atomic E-state index is 15.0. The van der Waals surface area contributed by atoms with Crippen LogP contribution >= 0.6 is 0 Å². The molecule has 0 radical (unpaired) electrons. The monoisotopic (exact) mass is 707 g/mol. The fourth-order valence-electron chi connectivity index (χ4n) is 8.50. The first-order chi connectivity index (χ1) is 24.9. The van der Waals surface area contributed by atoms with E-state index < -0.39 is 5.54 Å². The number of fused-ring (bicyclic) bond motifs is 2. The number of rotatable bonds is 6. The normalized spacial score (nSPS) is 22.3. The molecule has 1 aliphatic carbocycles. The van der Waals surface area contributed by atoms with Gasteiger partial charge in [0.25, 0.3) is 5.91 Å². The van der Waals surface area contributed by atoms with Gasteiger partial charge >= 0.3 is 5.69 Å². The number of aryl methyl sites for hydroxylation is 2. The van der Waals surface area contributed by atoms with Gasteiger partial charge in [0.05, 0.1) is 30.1 Å². The Morgan fingerprint density at radius 1 is 1.08 bits per heavy atom. The van der Waals surface area contributed by atoms with E-state index in [4.69, 9.17) is 14.7 Å². The number of nitrogens with one attached hydrogen (secondary N) is 2. The van der Waals surface area contributed by atoms with Crippen molar-refractivity contribution in [1.29, 1.82) is 0 Å². The van der Waals surface area contributed by atoms with Gasteiger partial charge in [0, 0.05) is 60.6 Å². The molecule has 0 spiro atoms. The number of ether oxygens (including phenoxy) is 1. The molecule has 2 fully saturated rings. The minimum Gasteiger partial charge on any atom is -0.372 e. The fraction of sp³-hybridized carbons (Fsp3) is 0.421. The van der Waals surface area contributed by atoms with Crippen LogP contribution in [-0.4, -0.2) is 79.1 Å². The quantitative estimate of drug-likeness (QED) is 0.266. The highest BCUT2D eigenvalue weighted by molar-refractivity contribution is 6.03. The van der Waals surface area contributed by atoms with Crippen LogP contribution in [0.3, 0.4) is 0 Å². The number of benzene rings is 2. The lowest BCUT2D eigenvalue weighted by molar-refractivity contribution is -0.0276. The Kier molecular flexibility index (Phi) is 7.24. The average molecular weight is 708 g/mol. The number of halogens is 1. The molecule has 1 amide bonds. The molecule has 3 aliphatic heterocycles. The second-order valence-corrected chi connectivity index (χ2v) is 15.2. The van der Waals surface area contributed by atoms with Crippen LogP contribution in [0.1, 0.15) is 60.1 Å². The Balaban J connectivity index is 1.15. The SMILES string of the molecule is Cc1cc(-n2nc3c(c2-n2cc[nH]c2=O)CN(C(=O)c2cc4cc(N5CCOC(C)(C)C5)ccc4n2[C@@]2(C4=NOCN4)C[C@@H]2C)CC3)cc(C)c1F. The first-order valence-corrected chi connectivity index (χ1v) is 17.9. The van der Waals surface area contributed by atoms with E-state index in [0.29, 0.717) is 47.9 Å². The summed E-state index contributed by atoms with van der Waals surface area (Å²) in [5.41, 5.74) is 4.61. The van der Waals surface area contributed by atoms with Gasteiger partial charge in [-0.2, -0.15) is 5.10 Å². The van der Waals surface area contributed by atoms with Gasteiger partial charge in [0.2, 0.25) is 0 Å². The Labute approximate surface area is 299 Å². The summed E-state index contributed by atoms with van der Waals surface area (Å²) >= 11 is 0. The number of aromatic amines is 1. The van der Waals surface area contributed by atoms with E-state index in [1.165, 1.54) is 4.57 Å². The van der Waals surface area contributed by atoms with E-state index in [2.05, 4.69) is 63.9 Å². The molecule has 1 saturated carbocycles. The van der Waals surface area contributed by atoms with Gasteiger partial charge in [-0.3, -0.25) is 9.36 Å². The van der Waals surface area contributed by atoms with Gasteiger partial charge in [-0.05, 0) is 87.6 Å². The van der Waals surface area contributed by atoms with Crippen molar-refractivity contribution in [3.8, 4) is 11.5 Å². The Morgan fingerprint density at radius 3 is 2.54 bits per heavy atom. The number of H-pyrrole nitrogens is 1. The lowest BCUT2D eigenvalue weighted by atomic mass is 10.1. The summed E-state index contributed by atoms with van der Waals surface area (Å²) < 4.78 is 26.1. The van der Waals surface area contributed by atoms with Crippen molar-refractivity contribution in [2.45, 2.75) is 65.1 Å². The molecule has 2 N–H and O–H groups in total. The van der Waals surface area contributed by atoms with Crippen LogP contribution in [0.25, 0.3) is 22.4 Å².